The molecule has 0 radical (unpaired) electrons. The molecule has 2 aliphatic carbocycles. The summed E-state index contributed by atoms with van der Waals surface area (Å²) >= 11 is 3.58. The van der Waals surface area contributed by atoms with Crippen LogP contribution in [0.5, 0.6) is 0 Å². The van der Waals surface area contributed by atoms with Gasteiger partial charge < -0.3 is 9.47 Å². The van der Waals surface area contributed by atoms with E-state index in [-0.39, 0.29) is 12.2 Å². The Hall–Kier alpha value is -2.80. The maximum atomic E-state index is 6.28. The fraction of sp³-hybridized carbons (Fsp3) is 0.415. The second kappa shape index (κ2) is 15.9. The van der Waals surface area contributed by atoms with Crippen LogP contribution in [0, 0.1) is 5.92 Å². The van der Waals surface area contributed by atoms with Crippen LogP contribution in [0.1, 0.15) is 89.7 Å². The molecule has 0 saturated heterocycles. The molecule has 0 N–H and O–H groups in total. The standard InChI is InChI=1S/C20H23NO.C17H18BrNO.C4H8/c1-21-11-12-22-20(16-5-3-2-4-6-16)19-13-17(15-7-8-15)9-10-18(19)14-21;1-19-9-10-20-17(13-5-3-2-4-6-13)16-11-15(18)8-7-14(16)12-19;1-4-2-3-4/h2-6,9-10,13,15,20H,7-8,11-12,14H2,1H3;2-8,11,17H,9-10,12H2,1H3;4H,2-3H2,1H3. The third kappa shape index (κ3) is 9.17. The quantitative estimate of drug-likeness (QED) is 0.215. The van der Waals surface area contributed by atoms with Crippen LogP contribution in [0.3, 0.4) is 0 Å². The number of rotatable bonds is 3. The van der Waals surface area contributed by atoms with Gasteiger partial charge in [0.25, 0.3) is 0 Å². The van der Waals surface area contributed by atoms with E-state index in [1.807, 2.05) is 6.07 Å². The van der Waals surface area contributed by atoms with Crippen molar-refractivity contribution in [2.45, 2.75) is 63.8 Å². The summed E-state index contributed by atoms with van der Waals surface area (Å²) in [6, 6.07) is 34.7. The summed E-state index contributed by atoms with van der Waals surface area (Å²) in [4.78, 5) is 4.64. The van der Waals surface area contributed by atoms with Crippen molar-refractivity contribution < 1.29 is 9.47 Å². The lowest BCUT2D eigenvalue weighted by Gasteiger charge is -2.29. The van der Waals surface area contributed by atoms with E-state index in [0.29, 0.717) is 0 Å². The van der Waals surface area contributed by atoms with Gasteiger partial charge in [-0.2, -0.15) is 0 Å². The normalized spacial score (nSPS) is 21.8. The van der Waals surface area contributed by atoms with Crippen molar-refractivity contribution in [1.29, 1.82) is 0 Å². The topological polar surface area (TPSA) is 24.9 Å². The number of nitrogens with zero attached hydrogens (tertiary/aromatic N) is 2. The fourth-order valence-electron chi connectivity index (χ4n) is 6.17. The van der Waals surface area contributed by atoms with Crippen molar-refractivity contribution in [3.63, 3.8) is 0 Å². The molecular formula is C41H49BrN2O2. The van der Waals surface area contributed by atoms with Crippen LogP contribution in [0.15, 0.2) is 102 Å². The molecule has 4 aromatic carbocycles. The number of halogens is 1. The lowest BCUT2D eigenvalue weighted by Crippen LogP contribution is -2.28. The molecule has 0 aromatic heterocycles. The van der Waals surface area contributed by atoms with Crippen LogP contribution in [0.25, 0.3) is 0 Å². The van der Waals surface area contributed by atoms with E-state index in [1.54, 1.807) is 0 Å². The summed E-state index contributed by atoms with van der Waals surface area (Å²) in [5, 5.41) is 0. The molecule has 0 spiro atoms. The summed E-state index contributed by atoms with van der Waals surface area (Å²) in [5.41, 5.74) is 9.34. The SMILES string of the molecule is CC1CC1.CN1CCOC(c2ccccc2)c2cc(Br)ccc2C1.CN1CCOC(c2ccccc2)c2cc(C3CC3)ccc2C1. The molecule has 2 atom stereocenters. The van der Waals surface area contributed by atoms with Gasteiger partial charge in [-0.05, 0) is 89.8 Å². The Kier molecular flexibility index (Phi) is 11.4. The highest BCUT2D eigenvalue weighted by atomic mass is 79.9. The zero-order valence-corrected chi connectivity index (χ0v) is 29.3. The predicted octanol–water partition coefficient (Wildman–Crippen LogP) is 9.53. The van der Waals surface area contributed by atoms with Crippen molar-refractivity contribution in [2.24, 2.45) is 5.92 Å². The minimum absolute atomic E-state index is 0.0254. The van der Waals surface area contributed by atoms with Gasteiger partial charge in [-0.25, -0.2) is 0 Å². The van der Waals surface area contributed by atoms with Gasteiger partial charge >= 0.3 is 0 Å². The van der Waals surface area contributed by atoms with E-state index in [1.165, 1.54) is 64.6 Å². The van der Waals surface area contributed by atoms with Crippen molar-refractivity contribution >= 4 is 15.9 Å². The minimum atomic E-state index is 0.0254. The molecule has 2 unspecified atom stereocenters. The van der Waals surface area contributed by atoms with Gasteiger partial charge in [-0.3, -0.25) is 9.80 Å². The minimum Gasteiger partial charge on any atom is -0.367 e. The molecule has 4 aliphatic rings. The smallest absolute Gasteiger partial charge is 0.108 e. The van der Waals surface area contributed by atoms with Crippen LogP contribution in [-0.2, 0) is 22.6 Å². The van der Waals surface area contributed by atoms with Crippen LogP contribution in [0.4, 0.5) is 0 Å². The van der Waals surface area contributed by atoms with Gasteiger partial charge in [-0.15, -0.1) is 0 Å². The lowest BCUT2D eigenvalue weighted by atomic mass is 9.93. The Labute approximate surface area is 284 Å². The number of ether oxygens (including phenoxy) is 2. The second-order valence-electron chi connectivity index (χ2n) is 13.6. The van der Waals surface area contributed by atoms with E-state index in [2.05, 4.69) is 138 Å². The van der Waals surface area contributed by atoms with Gasteiger partial charge in [0.1, 0.15) is 12.2 Å². The molecule has 2 aliphatic heterocycles. The Morgan fingerprint density at radius 1 is 0.587 bits per heavy atom. The maximum absolute atomic E-state index is 6.28. The molecule has 4 nitrogen and oxygen atoms in total. The van der Waals surface area contributed by atoms with Crippen molar-refractivity contribution in [3.05, 3.63) is 140 Å². The molecule has 242 valence electrons. The highest BCUT2D eigenvalue weighted by Crippen LogP contribution is 2.42. The van der Waals surface area contributed by atoms with Gasteiger partial charge in [0, 0.05) is 30.7 Å². The van der Waals surface area contributed by atoms with Gasteiger partial charge in [-0.1, -0.05) is 121 Å². The number of hydrogen-bond acceptors (Lipinski definition) is 4. The first-order chi connectivity index (χ1) is 22.4. The van der Waals surface area contributed by atoms with Crippen molar-refractivity contribution in [2.75, 3.05) is 40.4 Å². The largest absolute Gasteiger partial charge is 0.367 e. The predicted molar refractivity (Wildman–Crippen MR) is 192 cm³/mol. The second-order valence-corrected chi connectivity index (χ2v) is 14.5. The summed E-state index contributed by atoms with van der Waals surface area (Å²) < 4.78 is 13.5. The van der Waals surface area contributed by atoms with E-state index >= 15 is 0 Å². The van der Waals surface area contributed by atoms with Crippen LogP contribution < -0.4 is 0 Å². The van der Waals surface area contributed by atoms with E-state index in [9.17, 15) is 0 Å². The monoisotopic (exact) mass is 680 g/mol. The molecule has 5 heteroatoms. The molecule has 46 heavy (non-hydrogen) atoms. The molecule has 8 rings (SSSR count). The molecule has 2 fully saturated rings. The zero-order chi connectivity index (χ0) is 31.9. The van der Waals surface area contributed by atoms with Crippen molar-refractivity contribution in [3.8, 4) is 0 Å². The Balaban J connectivity index is 0.000000144. The Bertz CT molecular complexity index is 1540. The Morgan fingerprint density at radius 3 is 1.54 bits per heavy atom. The average molecular weight is 682 g/mol. The first kappa shape index (κ1) is 33.1. The van der Waals surface area contributed by atoms with Crippen LogP contribution >= 0.6 is 15.9 Å². The number of benzene rings is 4. The number of fused-ring (bicyclic) bond motifs is 2. The molecule has 4 aromatic rings. The van der Waals surface area contributed by atoms with Crippen LogP contribution in [-0.4, -0.2) is 50.2 Å². The summed E-state index contributed by atoms with van der Waals surface area (Å²) in [6.07, 6.45) is 5.76. The molecule has 0 amide bonds. The van der Waals surface area contributed by atoms with Gasteiger partial charge in [0.2, 0.25) is 0 Å². The Morgan fingerprint density at radius 2 is 1.07 bits per heavy atom. The average Bonchev–Trinajstić information content (AvgIpc) is 4.00. The van der Waals surface area contributed by atoms with Gasteiger partial charge in [0.15, 0.2) is 0 Å². The van der Waals surface area contributed by atoms with E-state index in [0.717, 1.165) is 55.7 Å². The van der Waals surface area contributed by atoms with Crippen molar-refractivity contribution in [1.82, 2.24) is 9.80 Å². The van der Waals surface area contributed by atoms with Crippen LogP contribution in [0.2, 0.25) is 0 Å². The first-order valence-corrected chi connectivity index (χ1v) is 17.8. The third-order valence-corrected chi connectivity index (χ3v) is 9.85. The number of likely N-dealkylation sites (N-methyl/N-ethyl adjacent to an activating group) is 2. The highest BCUT2D eigenvalue weighted by Gasteiger charge is 2.27. The molecular weight excluding hydrogens is 632 g/mol. The molecule has 0 bridgehead atoms. The fourth-order valence-corrected chi connectivity index (χ4v) is 6.55. The highest BCUT2D eigenvalue weighted by molar-refractivity contribution is 9.10. The first-order valence-electron chi connectivity index (χ1n) is 17.1. The van der Waals surface area contributed by atoms with E-state index in [4.69, 9.17) is 9.47 Å². The summed E-state index contributed by atoms with van der Waals surface area (Å²) in [7, 11) is 4.31. The van der Waals surface area contributed by atoms with E-state index < -0.39 is 0 Å². The zero-order valence-electron chi connectivity index (χ0n) is 27.7. The number of hydrogen-bond donors (Lipinski definition) is 0. The molecule has 2 heterocycles. The summed E-state index contributed by atoms with van der Waals surface area (Å²) in [6.45, 7) is 7.72. The third-order valence-electron chi connectivity index (χ3n) is 9.36. The lowest BCUT2D eigenvalue weighted by molar-refractivity contribution is 0.0552. The molecule has 2 saturated carbocycles. The summed E-state index contributed by atoms with van der Waals surface area (Å²) in [5.74, 6) is 1.87. The van der Waals surface area contributed by atoms with Gasteiger partial charge in [0.05, 0.1) is 13.2 Å². The maximum Gasteiger partial charge on any atom is 0.108 e.